The standard InChI is InChI=1S/C10H13O4.3CH3.Sn/c1-12-7-14-9-4-3-8(6-11)5-10(9)13-2;;;;/h3-4,11H,6-7H2,1-2H3;3*1H3;. The minimum absolute atomic E-state index is 0.0322. The summed E-state index contributed by atoms with van der Waals surface area (Å²) in [4.78, 5) is 6.85. The molecular formula is C13H22O4Sn. The Labute approximate surface area is 113 Å². The van der Waals surface area contributed by atoms with E-state index in [2.05, 4.69) is 14.8 Å². The van der Waals surface area contributed by atoms with Gasteiger partial charge in [0, 0.05) is 0 Å². The van der Waals surface area contributed by atoms with Gasteiger partial charge >= 0.3 is 113 Å². The first kappa shape index (κ1) is 15.6. The van der Waals surface area contributed by atoms with Gasteiger partial charge in [-0.25, -0.2) is 0 Å². The fourth-order valence-corrected chi connectivity index (χ4v) is 7.80. The van der Waals surface area contributed by atoms with Crippen LogP contribution in [0.1, 0.15) is 5.56 Å². The second-order valence-corrected chi connectivity index (χ2v) is 19.4. The molecule has 1 aromatic carbocycles. The number of methoxy groups -OCH3 is 2. The van der Waals surface area contributed by atoms with E-state index in [0.717, 1.165) is 11.3 Å². The number of rotatable bonds is 6. The number of ether oxygens (including phenoxy) is 3. The third-order valence-electron chi connectivity index (χ3n) is 2.66. The summed E-state index contributed by atoms with van der Waals surface area (Å²) >= 11 is -2.41. The number of aliphatic hydroxyl groups excluding tert-OH is 1. The summed E-state index contributed by atoms with van der Waals surface area (Å²) < 4.78 is 17.1. The molecule has 0 unspecified atom stereocenters. The molecule has 0 aliphatic rings. The van der Waals surface area contributed by atoms with Gasteiger partial charge in [-0.05, 0) is 0 Å². The molecule has 0 bridgehead atoms. The van der Waals surface area contributed by atoms with E-state index in [0.29, 0.717) is 5.75 Å². The van der Waals surface area contributed by atoms with Crippen LogP contribution in [0.5, 0.6) is 11.5 Å². The van der Waals surface area contributed by atoms with E-state index in [-0.39, 0.29) is 13.4 Å². The molecule has 1 rings (SSSR count). The van der Waals surface area contributed by atoms with E-state index in [1.165, 1.54) is 3.58 Å². The summed E-state index contributed by atoms with van der Waals surface area (Å²) in [6.45, 7) is 0.221. The van der Waals surface area contributed by atoms with Gasteiger partial charge in [0.2, 0.25) is 0 Å². The van der Waals surface area contributed by atoms with Crippen LogP contribution in [-0.2, 0) is 11.3 Å². The Balaban J connectivity index is 3.33. The number of aliphatic hydroxyl groups is 1. The molecule has 0 aliphatic heterocycles. The fraction of sp³-hybridized carbons (Fsp3) is 0.538. The second-order valence-electron chi connectivity index (χ2n) is 5.09. The van der Waals surface area contributed by atoms with E-state index in [1.54, 1.807) is 14.2 Å². The van der Waals surface area contributed by atoms with Gasteiger partial charge in [-0.2, -0.15) is 0 Å². The predicted octanol–water partition coefficient (Wildman–Crippen LogP) is 1.72. The molecule has 1 aromatic rings. The molecule has 1 N–H and O–H groups in total. The molecular weight excluding hydrogens is 339 g/mol. The van der Waals surface area contributed by atoms with E-state index >= 15 is 0 Å². The van der Waals surface area contributed by atoms with Crippen molar-refractivity contribution in [3.8, 4) is 11.5 Å². The van der Waals surface area contributed by atoms with Gasteiger partial charge in [-0.15, -0.1) is 0 Å². The molecule has 0 fully saturated rings. The Morgan fingerprint density at radius 2 is 1.83 bits per heavy atom. The van der Waals surface area contributed by atoms with E-state index in [4.69, 9.17) is 14.2 Å². The van der Waals surface area contributed by atoms with Crippen molar-refractivity contribution < 1.29 is 19.3 Å². The summed E-state index contributed by atoms with van der Waals surface area (Å²) in [5.74, 6) is 1.43. The van der Waals surface area contributed by atoms with Crippen LogP contribution in [0.15, 0.2) is 12.1 Å². The van der Waals surface area contributed by atoms with Crippen molar-refractivity contribution in [1.82, 2.24) is 0 Å². The normalized spacial score (nSPS) is 11.4. The first-order chi connectivity index (χ1) is 8.45. The van der Waals surface area contributed by atoms with Crippen molar-refractivity contribution in [2.75, 3.05) is 21.0 Å². The van der Waals surface area contributed by atoms with Crippen molar-refractivity contribution in [2.24, 2.45) is 0 Å². The van der Waals surface area contributed by atoms with E-state index in [9.17, 15) is 5.11 Å². The molecule has 4 nitrogen and oxygen atoms in total. The Bertz CT molecular complexity index is 399. The third-order valence-corrected chi connectivity index (χ3v) is 8.51. The average Bonchev–Trinajstić information content (AvgIpc) is 2.33. The average molecular weight is 361 g/mol. The molecule has 0 aromatic heterocycles. The molecule has 0 radical (unpaired) electrons. The van der Waals surface area contributed by atoms with Gasteiger partial charge in [0.05, 0.1) is 0 Å². The van der Waals surface area contributed by atoms with Crippen molar-refractivity contribution in [3.05, 3.63) is 17.7 Å². The summed E-state index contributed by atoms with van der Waals surface area (Å²) in [7, 11) is 3.22. The Morgan fingerprint density at radius 1 is 1.17 bits per heavy atom. The molecule has 0 amide bonds. The molecule has 0 aliphatic carbocycles. The molecule has 18 heavy (non-hydrogen) atoms. The predicted molar refractivity (Wildman–Crippen MR) is 74.4 cm³/mol. The zero-order valence-corrected chi connectivity index (χ0v) is 14.6. The van der Waals surface area contributed by atoms with Crippen molar-refractivity contribution >= 4 is 22.0 Å². The number of benzene rings is 1. The van der Waals surface area contributed by atoms with Gasteiger partial charge in [0.15, 0.2) is 0 Å². The van der Waals surface area contributed by atoms with Crippen LogP contribution in [0.4, 0.5) is 0 Å². The van der Waals surface area contributed by atoms with Crippen LogP contribution in [0.25, 0.3) is 0 Å². The molecule has 0 saturated carbocycles. The van der Waals surface area contributed by atoms with Gasteiger partial charge in [0.1, 0.15) is 0 Å². The molecule has 102 valence electrons. The molecule has 5 heteroatoms. The summed E-state index contributed by atoms with van der Waals surface area (Å²) in [6, 6.07) is 3.73. The number of hydrogen-bond donors (Lipinski definition) is 1. The molecule has 0 heterocycles. The Hall–Kier alpha value is -0.461. The summed E-state index contributed by atoms with van der Waals surface area (Å²) in [5, 5.41) is 9.48. The van der Waals surface area contributed by atoms with Crippen LogP contribution < -0.4 is 13.1 Å². The maximum atomic E-state index is 9.48. The molecule has 0 spiro atoms. The van der Waals surface area contributed by atoms with Gasteiger partial charge in [-0.1, -0.05) is 0 Å². The number of hydrogen-bond acceptors (Lipinski definition) is 4. The van der Waals surface area contributed by atoms with Crippen molar-refractivity contribution in [1.29, 1.82) is 0 Å². The van der Waals surface area contributed by atoms with Crippen LogP contribution in [0.2, 0.25) is 14.8 Å². The zero-order chi connectivity index (χ0) is 13.8. The van der Waals surface area contributed by atoms with E-state index < -0.39 is 18.4 Å². The van der Waals surface area contributed by atoms with Crippen LogP contribution >= 0.6 is 0 Å². The quantitative estimate of drug-likeness (QED) is 0.619. The SMILES string of the molecule is COCOc1ccc(CO)[c]([Sn]([CH3])([CH3])[CH3])c1OC. The molecule has 0 atom stereocenters. The first-order valence-corrected chi connectivity index (χ1v) is 15.9. The molecule has 0 saturated heterocycles. The van der Waals surface area contributed by atoms with Crippen LogP contribution in [-0.4, -0.2) is 44.5 Å². The van der Waals surface area contributed by atoms with Gasteiger partial charge in [-0.3, -0.25) is 0 Å². The van der Waals surface area contributed by atoms with Gasteiger partial charge < -0.3 is 0 Å². The first-order valence-electron chi connectivity index (χ1n) is 5.88. The topological polar surface area (TPSA) is 47.9 Å². The van der Waals surface area contributed by atoms with Crippen molar-refractivity contribution in [2.45, 2.75) is 21.4 Å². The summed E-state index contributed by atoms with van der Waals surface area (Å²) in [6.07, 6.45) is 0. The minimum atomic E-state index is -2.41. The van der Waals surface area contributed by atoms with Crippen molar-refractivity contribution in [3.63, 3.8) is 0 Å². The van der Waals surface area contributed by atoms with Crippen LogP contribution in [0, 0.1) is 0 Å². The Morgan fingerprint density at radius 3 is 2.28 bits per heavy atom. The maximum absolute atomic E-state index is 9.48. The monoisotopic (exact) mass is 362 g/mol. The fourth-order valence-electron chi connectivity index (χ4n) is 2.00. The van der Waals surface area contributed by atoms with E-state index in [1.807, 2.05) is 12.1 Å². The summed E-state index contributed by atoms with van der Waals surface area (Å²) in [5.41, 5.74) is 0.944. The zero-order valence-electron chi connectivity index (χ0n) is 11.7. The third kappa shape index (κ3) is 3.52. The Kier molecular flexibility index (Phi) is 5.75. The van der Waals surface area contributed by atoms with Crippen LogP contribution in [0.3, 0.4) is 0 Å². The second kappa shape index (κ2) is 6.63. The van der Waals surface area contributed by atoms with Gasteiger partial charge in [0.25, 0.3) is 0 Å².